The zero-order chi connectivity index (χ0) is 27.5. The van der Waals surface area contributed by atoms with Crippen molar-refractivity contribution in [2.45, 2.75) is 56.1 Å². The molecule has 1 aliphatic heterocycles. The van der Waals surface area contributed by atoms with Crippen LogP contribution in [0.3, 0.4) is 0 Å². The van der Waals surface area contributed by atoms with E-state index in [0.717, 1.165) is 48.8 Å². The summed E-state index contributed by atoms with van der Waals surface area (Å²) in [4.78, 5) is 32.5. The SMILES string of the molecule is CN(C)C1CCC(N2C(=O)c3ccccc3C(C(=O)NCCc3ccccc3)C2c2ccc(Cl)cc2Cl)CC1. The van der Waals surface area contributed by atoms with Gasteiger partial charge in [-0.15, -0.1) is 0 Å². The highest BCUT2D eigenvalue weighted by Gasteiger charge is 2.47. The van der Waals surface area contributed by atoms with Crippen molar-refractivity contribution in [3.8, 4) is 0 Å². The van der Waals surface area contributed by atoms with Gasteiger partial charge in [-0.3, -0.25) is 9.59 Å². The van der Waals surface area contributed by atoms with Crippen molar-refractivity contribution in [2.75, 3.05) is 20.6 Å². The fourth-order valence-electron chi connectivity index (χ4n) is 6.24. The Morgan fingerprint density at radius 2 is 1.62 bits per heavy atom. The average molecular weight is 565 g/mol. The van der Waals surface area contributed by atoms with Gasteiger partial charge < -0.3 is 15.1 Å². The van der Waals surface area contributed by atoms with E-state index in [0.29, 0.717) is 28.2 Å². The third-order valence-corrected chi connectivity index (χ3v) is 8.85. The molecule has 1 saturated carbocycles. The van der Waals surface area contributed by atoms with E-state index in [2.05, 4.69) is 36.4 Å². The zero-order valence-electron chi connectivity index (χ0n) is 22.4. The van der Waals surface area contributed by atoms with Gasteiger partial charge in [0.05, 0.1) is 12.0 Å². The van der Waals surface area contributed by atoms with Gasteiger partial charge >= 0.3 is 0 Å². The summed E-state index contributed by atoms with van der Waals surface area (Å²) in [5.74, 6) is -0.739. The number of amides is 2. The van der Waals surface area contributed by atoms with Crippen LogP contribution < -0.4 is 5.32 Å². The first-order chi connectivity index (χ1) is 18.8. The van der Waals surface area contributed by atoms with Crippen LogP contribution in [-0.4, -0.2) is 54.3 Å². The molecular weight excluding hydrogens is 529 g/mol. The highest BCUT2D eigenvalue weighted by atomic mass is 35.5. The second-order valence-electron chi connectivity index (χ2n) is 10.8. The summed E-state index contributed by atoms with van der Waals surface area (Å²) < 4.78 is 0. The summed E-state index contributed by atoms with van der Waals surface area (Å²) >= 11 is 13.1. The minimum atomic E-state index is -0.597. The molecule has 0 bridgehead atoms. The Morgan fingerprint density at radius 1 is 0.923 bits per heavy atom. The van der Waals surface area contributed by atoms with Gasteiger partial charge in [-0.25, -0.2) is 0 Å². The van der Waals surface area contributed by atoms with Crippen LogP contribution >= 0.6 is 23.2 Å². The van der Waals surface area contributed by atoms with Crippen LogP contribution in [-0.2, 0) is 11.2 Å². The fraction of sp³-hybridized carbons (Fsp3) is 0.375. The third kappa shape index (κ3) is 5.86. The van der Waals surface area contributed by atoms with Gasteiger partial charge in [-0.2, -0.15) is 0 Å². The molecule has 2 amide bonds. The lowest BCUT2D eigenvalue weighted by atomic mass is 9.76. The number of benzene rings is 3. The molecule has 204 valence electrons. The minimum Gasteiger partial charge on any atom is -0.355 e. The van der Waals surface area contributed by atoms with Crippen LogP contribution in [0, 0.1) is 0 Å². The van der Waals surface area contributed by atoms with Crippen molar-refractivity contribution in [3.05, 3.63) is 105 Å². The highest BCUT2D eigenvalue weighted by molar-refractivity contribution is 6.35. The van der Waals surface area contributed by atoms with Crippen molar-refractivity contribution in [1.29, 1.82) is 0 Å². The number of hydrogen-bond donors (Lipinski definition) is 1. The molecule has 0 saturated heterocycles. The van der Waals surface area contributed by atoms with Crippen molar-refractivity contribution >= 4 is 35.0 Å². The van der Waals surface area contributed by atoms with Crippen molar-refractivity contribution in [3.63, 3.8) is 0 Å². The first kappa shape index (κ1) is 27.7. The Hall–Kier alpha value is -2.86. The summed E-state index contributed by atoms with van der Waals surface area (Å²) in [5.41, 5.74) is 3.25. The molecule has 0 aromatic heterocycles. The largest absolute Gasteiger partial charge is 0.355 e. The van der Waals surface area contributed by atoms with E-state index in [4.69, 9.17) is 23.2 Å². The van der Waals surface area contributed by atoms with E-state index in [1.165, 1.54) is 0 Å². The Kier molecular flexibility index (Phi) is 8.61. The van der Waals surface area contributed by atoms with E-state index in [1.54, 1.807) is 12.1 Å². The van der Waals surface area contributed by atoms with E-state index in [-0.39, 0.29) is 17.9 Å². The standard InChI is InChI=1S/C32H35Cl2N3O2/c1-36(2)23-13-15-24(16-14-23)37-30(27-17-12-22(33)20-28(27)34)29(25-10-6-7-11-26(25)32(37)39)31(38)35-19-18-21-8-4-3-5-9-21/h3-12,17,20,23-24,29-30H,13-16,18-19H2,1-2H3,(H,35,38). The number of rotatable bonds is 7. The molecule has 2 unspecified atom stereocenters. The monoisotopic (exact) mass is 563 g/mol. The molecule has 3 aromatic carbocycles. The quantitative estimate of drug-likeness (QED) is 0.356. The molecule has 1 heterocycles. The Bertz CT molecular complexity index is 1320. The lowest BCUT2D eigenvalue weighted by Gasteiger charge is -2.48. The second kappa shape index (κ2) is 12.1. The number of nitrogens with zero attached hydrogens (tertiary/aromatic N) is 2. The van der Waals surface area contributed by atoms with Gasteiger partial charge in [0, 0.05) is 34.2 Å². The van der Waals surface area contributed by atoms with Gasteiger partial charge in [0.15, 0.2) is 0 Å². The van der Waals surface area contributed by atoms with Gasteiger partial charge in [0.1, 0.15) is 0 Å². The van der Waals surface area contributed by atoms with Gasteiger partial charge in [-0.1, -0.05) is 77.8 Å². The topological polar surface area (TPSA) is 52.7 Å². The van der Waals surface area contributed by atoms with Crippen LogP contribution in [0.25, 0.3) is 0 Å². The van der Waals surface area contributed by atoms with E-state index in [1.807, 2.05) is 53.4 Å². The second-order valence-corrected chi connectivity index (χ2v) is 11.7. The molecule has 5 nitrogen and oxygen atoms in total. The summed E-state index contributed by atoms with van der Waals surface area (Å²) in [6, 6.07) is 23.0. The average Bonchev–Trinajstić information content (AvgIpc) is 2.94. The van der Waals surface area contributed by atoms with Gasteiger partial charge in [0.25, 0.3) is 5.91 Å². The third-order valence-electron chi connectivity index (χ3n) is 8.29. The maximum atomic E-state index is 14.2. The molecule has 3 aromatic rings. The predicted octanol–water partition coefficient (Wildman–Crippen LogP) is 6.51. The van der Waals surface area contributed by atoms with Crippen LogP contribution in [0.4, 0.5) is 0 Å². The van der Waals surface area contributed by atoms with Crippen LogP contribution in [0.5, 0.6) is 0 Å². The Morgan fingerprint density at radius 3 is 2.31 bits per heavy atom. The number of carbonyl (C=O) groups is 2. The van der Waals surface area contributed by atoms with Gasteiger partial charge in [0.2, 0.25) is 5.91 Å². The molecule has 7 heteroatoms. The van der Waals surface area contributed by atoms with Crippen molar-refractivity contribution in [2.24, 2.45) is 0 Å². The summed E-state index contributed by atoms with van der Waals surface area (Å²) in [6.07, 6.45) is 4.47. The maximum Gasteiger partial charge on any atom is 0.254 e. The lowest BCUT2D eigenvalue weighted by Crippen LogP contribution is -2.53. The normalized spacial score (nSPS) is 23.0. The molecule has 1 N–H and O–H groups in total. The molecule has 5 rings (SSSR count). The Balaban J connectivity index is 1.53. The maximum absolute atomic E-state index is 14.2. The van der Waals surface area contributed by atoms with Gasteiger partial charge in [-0.05, 0) is 81.1 Å². The summed E-state index contributed by atoms with van der Waals surface area (Å²) in [7, 11) is 4.22. The summed E-state index contributed by atoms with van der Waals surface area (Å²) in [5, 5.41) is 4.17. The fourth-order valence-corrected chi connectivity index (χ4v) is 6.77. The Labute approximate surface area is 241 Å². The zero-order valence-corrected chi connectivity index (χ0v) is 24.0. The number of halogens is 2. The molecule has 0 radical (unpaired) electrons. The molecule has 39 heavy (non-hydrogen) atoms. The molecular formula is C32H35Cl2N3O2. The molecule has 0 spiro atoms. The summed E-state index contributed by atoms with van der Waals surface area (Å²) in [6.45, 7) is 0.504. The molecule has 1 aliphatic carbocycles. The first-order valence-electron chi connectivity index (χ1n) is 13.7. The van der Waals surface area contributed by atoms with E-state index < -0.39 is 12.0 Å². The highest BCUT2D eigenvalue weighted by Crippen LogP contribution is 2.47. The number of carbonyl (C=O) groups excluding carboxylic acids is 2. The molecule has 2 aliphatic rings. The van der Waals surface area contributed by atoms with E-state index >= 15 is 0 Å². The number of nitrogens with one attached hydrogen (secondary N) is 1. The number of fused-ring (bicyclic) bond motifs is 1. The van der Waals surface area contributed by atoms with Crippen molar-refractivity contribution in [1.82, 2.24) is 15.1 Å². The van der Waals surface area contributed by atoms with Crippen LogP contribution in [0.1, 0.15) is 64.7 Å². The smallest absolute Gasteiger partial charge is 0.254 e. The predicted molar refractivity (Wildman–Crippen MR) is 157 cm³/mol. The number of hydrogen-bond acceptors (Lipinski definition) is 3. The lowest BCUT2D eigenvalue weighted by molar-refractivity contribution is -0.124. The van der Waals surface area contributed by atoms with Crippen LogP contribution in [0.2, 0.25) is 10.0 Å². The first-order valence-corrected chi connectivity index (χ1v) is 14.5. The van der Waals surface area contributed by atoms with E-state index in [9.17, 15) is 9.59 Å². The minimum absolute atomic E-state index is 0.0124. The molecule has 1 fully saturated rings. The van der Waals surface area contributed by atoms with Crippen molar-refractivity contribution < 1.29 is 9.59 Å². The van der Waals surface area contributed by atoms with Crippen LogP contribution in [0.15, 0.2) is 72.8 Å². The molecule has 2 atom stereocenters.